The van der Waals surface area contributed by atoms with E-state index in [0.29, 0.717) is 47.1 Å². The molecule has 0 spiro atoms. The predicted octanol–water partition coefficient (Wildman–Crippen LogP) is 2.19. The average Bonchev–Trinajstić information content (AvgIpc) is 3.20. The molecule has 2 unspecified atom stereocenters. The van der Waals surface area contributed by atoms with Crippen molar-refractivity contribution in [3.05, 3.63) is 52.1 Å². The monoisotopic (exact) mass is 480 g/mol. The summed E-state index contributed by atoms with van der Waals surface area (Å²) < 4.78 is 17.5. The van der Waals surface area contributed by atoms with E-state index in [4.69, 9.17) is 14.2 Å². The summed E-state index contributed by atoms with van der Waals surface area (Å²) in [6.07, 6.45) is 1.01. The predicted molar refractivity (Wildman–Crippen MR) is 129 cm³/mol. The zero-order chi connectivity index (χ0) is 24.7. The Morgan fingerprint density at radius 1 is 1.09 bits per heavy atom. The minimum atomic E-state index is -0.594. The molecule has 1 amide bonds. The van der Waals surface area contributed by atoms with Crippen molar-refractivity contribution in [3.8, 4) is 11.5 Å². The van der Waals surface area contributed by atoms with Gasteiger partial charge in [-0.05, 0) is 24.5 Å². The van der Waals surface area contributed by atoms with Gasteiger partial charge in [0.1, 0.15) is 5.69 Å². The van der Waals surface area contributed by atoms with E-state index in [1.807, 2.05) is 10.6 Å². The average molecular weight is 481 g/mol. The van der Waals surface area contributed by atoms with Crippen LogP contribution in [0.1, 0.15) is 28.5 Å². The summed E-state index contributed by atoms with van der Waals surface area (Å²) in [5.41, 5.74) is 2.16. The zero-order valence-corrected chi connectivity index (χ0v) is 19.9. The van der Waals surface area contributed by atoms with E-state index in [0.717, 1.165) is 18.7 Å². The Hall–Kier alpha value is -3.79. The van der Waals surface area contributed by atoms with E-state index in [1.54, 1.807) is 24.3 Å². The summed E-state index contributed by atoms with van der Waals surface area (Å²) in [5.74, 6) is 0.656. The van der Waals surface area contributed by atoms with Gasteiger partial charge in [-0.1, -0.05) is 6.07 Å². The summed E-state index contributed by atoms with van der Waals surface area (Å²) in [4.78, 5) is 43.0. The normalized spacial score (nSPS) is 19.2. The van der Waals surface area contributed by atoms with E-state index >= 15 is 0 Å². The molecule has 2 bridgehead atoms. The van der Waals surface area contributed by atoms with E-state index < -0.39 is 5.97 Å². The lowest BCUT2D eigenvalue weighted by Crippen LogP contribution is -2.49. The van der Waals surface area contributed by atoms with Gasteiger partial charge in [0.05, 0.1) is 39.1 Å². The van der Waals surface area contributed by atoms with Gasteiger partial charge < -0.3 is 29.1 Å². The molecule has 2 aromatic heterocycles. The summed E-state index contributed by atoms with van der Waals surface area (Å²) >= 11 is 0. The van der Waals surface area contributed by atoms with Crippen LogP contribution in [0.4, 0.5) is 5.69 Å². The number of carbonyl (C=O) groups excluding carboxylic acids is 2. The SMILES string of the molecule is COC(=O)c1[nH]c2cc(OC)c(OC)cc2c1NC(=O)CN1CC2CC(C1)c1cccc(=O)n1C2. The topological polar surface area (TPSA) is 115 Å². The van der Waals surface area contributed by atoms with Crippen molar-refractivity contribution in [2.45, 2.75) is 18.9 Å². The van der Waals surface area contributed by atoms with Gasteiger partial charge in [-0.15, -0.1) is 0 Å². The number of fused-ring (bicyclic) bond motifs is 5. The molecule has 10 nitrogen and oxygen atoms in total. The van der Waals surface area contributed by atoms with Crippen LogP contribution in [0.2, 0.25) is 0 Å². The maximum atomic E-state index is 13.2. The number of esters is 1. The number of aromatic nitrogens is 2. The van der Waals surface area contributed by atoms with Crippen molar-refractivity contribution in [2.24, 2.45) is 5.92 Å². The number of amides is 1. The van der Waals surface area contributed by atoms with Gasteiger partial charge in [-0.25, -0.2) is 4.79 Å². The van der Waals surface area contributed by atoms with Gasteiger partial charge in [0.25, 0.3) is 5.56 Å². The molecule has 2 atom stereocenters. The van der Waals surface area contributed by atoms with E-state index in [2.05, 4.69) is 15.2 Å². The first kappa shape index (κ1) is 23.0. The second-order valence-electron chi connectivity index (χ2n) is 9.06. The number of nitrogens with zero attached hydrogens (tertiary/aromatic N) is 2. The minimum Gasteiger partial charge on any atom is -0.493 e. The molecular formula is C25H28N4O6. The van der Waals surface area contributed by atoms with E-state index in [1.165, 1.54) is 21.3 Å². The van der Waals surface area contributed by atoms with Crippen LogP contribution < -0.4 is 20.3 Å². The quantitative estimate of drug-likeness (QED) is 0.520. The second-order valence-corrected chi connectivity index (χ2v) is 9.06. The highest BCUT2D eigenvalue weighted by Crippen LogP contribution is 2.38. The number of aromatic amines is 1. The van der Waals surface area contributed by atoms with Crippen LogP contribution in [0.25, 0.3) is 10.9 Å². The number of ether oxygens (including phenoxy) is 3. The number of likely N-dealkylation sites (tertiary alicyclic amines) is 1. The number of hydrogen-bond acceptors (Lipinski definition) is 7. The highest BCUT2D eigenvalue weighted by atomic mass is 16.5. The van der Waals surface area contributed by atoms with Gasteiger partial charge in [0.2, 0.25) is 5.91 Å². The summed E-state index contributed by atoms with van der Waals surface area (Å²) in [5, 5.41) is 3.53. The molecule has 1 fully saturated rings. The number of anilines is 1. The molecule has 0 radical (unpaired) electrons. The van der Waals surface area contributed by atoms with Gasteiger partial charge in [-0.2, -0.15) is 0 Å². The first-order valence-electron chi connectivity index (χ1n) is 11.5. The van der Waals surface area contributed by atoms with Crippen molar-refractivity contribution < 1.29 is 23.8 Å². The second kappa shape index (κ2) is 9.10. The van der Waals surface area contributed by atoms with Gasteiger partial charge in [-0.3, -0.25) is 14.5 Å². The Morgan fingerprint density at radius 2 is 1.86 bits per heavy atom. The number of H-pyrrole nitrogens is 1. The summed E-state index contributed by atoms with van der Waals surface area (Å²) in [6.45, 7) is 2.26. The smallest absolute Gasteiger partial charge is 0.356 e. The maximum Gasteiger partial charge on any atom is 0.356 e. The highest BCUT2D eigenvalue weighted by molar-refractivity contribution is 6.11. The number of rotatable bonds is 6. The molecule has 10 heteroatoms. The molecule has 1 aromatic carbocycles. The Kier molecular flexibility index (Phi) is 5.98. The molecule has 5 rings (SSSR count). The number of carbonyl (C=O) groups is 2. The van der Waals surface area contributed by atoms with Crippen molar-refractivity contribution in [3.63, 3.8) is 0 Å². The molecule has 0 saturated carbocycles. The maximum absolute atomic E-state index is 13.2. The number of piperidine rings is 1. The lowest BCUT2D eigenvalue weighted by Gasteiger charge is -2.42. The minimum absolute atomic E-state index is 0.0325. The van der Waals surface area contributed by atoms with Gasteiger partial charge >= 0.3 is 5.97 Å². The fourth-order valence-electron chi connectivity index (χ4n) is 5.41. The molecule has 184 valence electrons. The number of hydrogen-bond donors (Lipinski definition) is 2. The summed E-state index contributed by atoms with van der Waals surface area (Å²) in [6, 6.07) is 8.82. The third-order valence-electron chi connectivity index (χ3n) is 6.88. The molecule has 4 heterocycles. The third-order valence-corrected chi connectivity index (χ3v) is 6.88. The molecule has 2 aliphatic heterocycles. The van der Waals surface area contributed by atoms with E-state index in [9.17, 15) is 14.4 Å². The Bertz CT molecular complexity index is 1360. The van der Waals surface area contributed by atoms with Crippen LogP contribution in [0.3, 0.4) is 0 Å². The number of nitrogens with one attached hydrogen (secondary N) is 2. The Labute approximate surface area is 201 Å². The van der Waals surface area contributed by atoms with Crippen LogP contribution in [0.15, 0.2) is 35.1 Å². The van der Waals surface area contributed by atoms with Crippen LogP contribution in [-0.2, 0) is 16.1 Å². The molecular weight excluding hydrogens is 452 g/mol. The third kappa shape index (κ3) is 4.14. The number of pyridine rings is 1. The largest absolute Gasteiger partial charge is 0.493 e. The van der Waals surface area contributed by atoms with Crippen LogP contribution in [-0.4, -0.2) is 67.3 Å². The van der Waals surface area contributed by atoms with Gasteiger partial charge in [0.15, 0.2) is 11.5 Å². The first-order chi connectivity index (χ1) is 16.9. The molecule has 3 aromatic rings. The van der Waals surface area contributed by atoms with Crippen LogP contribution in [0.5, 0.6) is 11.5 Å². The molecule has 2 aliphatic rings. The lowest BCUT2D eigenvalue weighted by molar-refractivity contribution is -0.117. The van der Waals surface area contributed by atoms with E-state index in [-0.39, 0.29) is 29.6 Å². The zero-order valence-electron chi connectivity index (χ0n) is 19.9. The fraction of sp³-hybridized carbons (Fsp3) is 0.400. The number of methoxy groups -OCH3 is 3. The first-order valence-corrected chi connectivity index (χ1v) is 11.5. The van der Waals surface area contributed by atoms with Crippen molar-refractivity contribution in [1.29, 1.82) is 0 Å². The highest BCUT2D eigenvalue weighted by Gasteiger charge is 2.35. The van der Waals surface area contributed by atoms with Crippen LogP contribution in [0, 0.1) is 5.92 Å². The fourth-order valence-corrected chi connectivity index (χ4v) is 5.41. The van der Waals surface area contributed by atoms with Crippen molar-refractivity contribution in [1.82, 2.24) is 14.5 Å². The number of benzene rings is 1. The Morgan fingerprint density at radius 3 is 2.60 bits per heavy atom. The van der Waals surface area contributed by atoms with Crippen LogP contribution >= 0.6 is 0 Å². The molecule has 0 aliphatic carbocycles. The lowest BCUT2D eigenvalue weighted by atomic mass is 9.83. The van der Waals surface area contributed by atoms with Crippen molar-refractivity contribution in [2.75, 3.05) is 46.3 Å². The molecule has 1 saturated heterocycles. The molecule has 2 N–H and O–H groups in total. The Balaban J connectivity index is 1.39. The molecule has 35 heavy (non-hydrogen) atoms. The van der Waals surface area contributed by atoms with Gasteiger partial charge in [0, 0.05) is 48.8 Å². The van der Waals surface area contributed by atoms with Crippen molar-refractivity contribution >= 4 is 28.5 Å². The summed E-state index contributed by atoms with van der Waals surface area (Å²) in [7, 11) is 4.34. The standard InChI is InChI=1S/C25H28N4O6/c1-33-19-8-16-17(9-20(19)34-2)26-24(25(32)35-3)23(16)27-21(30)13-28-10-14-7-15(12-28)18-5-4-6-22(31)29(18)11-14/h4-6,8-9,14-15,26H,7,10-13H2,1-3H3,(H,27,30).